The van der Waals surface area contributed by atoms with E-state index >= 15 is 0 Å². The van der Waals surface area contributed by atoms with Crippen LogP contribution in [0.2, 0.25) is 0 Å². The molecule has 0 atom stereocenters. The first-order valence-electron chi connectivity index (χ1n) is 4.26. The lowest BCUT2D eigenvalue weighted by Gasteiger charge is -2.00. The van der Waals surface area contributed by atoms with Crippen LogP contribution in [0.15, 0.2) is 29.4 Å². The average Bonchev–Trinajstić information content (AvgIpc) is 2.19. The van der Waals surface area contributed by atoms with Crippen LogP contribution >= 0.6 is 0 Å². The zero-order chi connectivity index (χ0) is 10.2. The molecule has 0 aliphatic heterocycles. The third-order valence-corrected chi connectivity index (χ3v) is 1.69. The van der Waals surface area contributed by atoms with Crippen LogP contribution in [0, 0.1) is 0 Å². The van der Waals surface area contributed by atoms with Crippen molar-refractivity contribution in [3.05, 3.63) is 35.4 Å². The minimum absolute atomic E-state index is 0.192. The third kappa shape index (κ3) is 3.59. The normalized spacial score (nSPS) is 10.6. The smallest absolute Gasteiger partial charge is 0.298 e. The Morgan fingerprint density at radius 3 is 3.14 bits per heavy atom. The van der Waals surface area contributed by atoms with Crippen molar-refractivity contribution >= 4 is 13.7 Å². The highest BCUT2D eigenvalue weighted by Gasteiger charge is 1.96. The number of oxime groups is 1. The number of hydrogen-bond acceptors (Lipinski definition) is 4. The second kappa shape index (κ2) is 6.18. The van der Waals surface area contributed by atoms with Gasteiger partial charge in [0.2, 0.25) is 0 Å². The molecule has 0 aromatic heterocycles. The molecule has 0 saturated carbocycles. The molecule has 1 aromatic rings. The molecule has 0 saturated heterocycles. The van der Waals surface area contributed by atoms with E-state index in [9.17, 15) is 0 Å². The maximum atomic E-state index is 8.35. The summed E-state index contributed by atoms with van der Waals surface area (Å²) in [6.07, 6.45) is 2.07. The van der Waals surface area contributed by atoms with Crippen LogP contribution < -0.4 is 5.73 Å². The van der Waals surface area contributed by atoms with Crippen LogP contribution in [-0.2, 0) is 11.0 Å². The molecule has 0 unspecified atom stereocenters. The number of nitrogens with two attached hydrogens (primary N) is 1. The predicted molar refractivity (Wildman–Crippen MR) is 55.4 cm³/mol. The second-order valence-corrected chi connectivity index (χ2v) is 2.69. The maximum absolute atomic E-state index is 8.35. The molecule has 4 nitrogen and oxygen atoms in total. The van der Waals surface area contributed by atoms with Gasteiger partial charge in [-0.3, -0.25) is 0 Å². The summed E-state index contributed by atoms with van der Waals surface area (Å²) >= 11 is 0. The molecule has 0 heterocycles. The Morgan fingerprint density at radius 2 is 2.43 bits per heavy atom. The van der Waals surface area contributed by atoms with E-state index in [1.54, 1.807) is 7.48 Å². The van der Waals surface area contributed by atoms with Crippen LogP contribution in [0.3, 0.4) is 0 Å². The Balaban J connectivity index is 2.54. The predicted octanol–water partition coefficient (Wildman–Crippen LogP) is 0.547. The molecule has 0 aliphatic carbocycles. The van der Waals surface area contributed by atoms with Gasteiger partial charge in [-0.15, -0.1) is 0 Å². The summed E-state index contributed by atoms with van der Waals surface area (Å²) in [5, 5.41) is 11.3. The largest absolute Gasteiger partial charge is 0.428 e. The first-order valence-corrected chi connectivity index (χ1v) is 4.26. The summed E-state index contributed by atoms with van der Waals surface area (Å²) < 4.78 is 4.91. The number of hydrogen-bond donors (Lipinski definition) is 2. The Hall–Kier alpha value is -1.33. The number of rotatable bonds is 5. The zero-order valence-electron chi connectivity index (χ0n) is 7.76. The fraction of sp³-hybridized carbons (Fsp3) is 0.222. The molecule has 5 heteroatoms. The van der Waals surface area contributed by atoms with Gasteiger partial charge in [0.25, 0.3) is 7.48 Å². The van der Waals surface area contributed by atoms with E-state index < -0.39 is 0 Å². The van der Waals surface area contributed by atoms with Gasteiger partial charge in [-0.05, 0) is 11.9 Å². The Kier molecular flexibility index (Phi) is 4.75. The van der Waals surface area contributed by atoms with E-state index in [0.717, 1.165) is 11.1 Å². The minimum Gasteiger partial charge on any atom is -0.428 e. The molecule has 1 radical (unpaired) electrons. The molecule has 1 rings (SSSR count). The van der Waals surface area contributed by atoms with Gasteiger partial charge in [-0.2, -0.15) is 0 Å². The molecule has 0 fully saturated rings. The van der Waals surface area contributed by atoms with Crippen molar-refractivity contribution in [2.24, 2.45) is 10.9 Å². The van der Waals surface area contributed by atoms with Crippen molar-refractivity contribution in [2.75, 3.05) is 6.73 Å². The summed E-state index contributed by atoms with van der Waals surface area (Å²) in [5.41, 5.74) is 7.09. The summed E-state index contributed by atoms with van der Waals surface area (Å²) in [6.45, 7) is 0.192. The topological polar surface area (TPSA) is 67.8 Å². The summed E-state index contributed by atoms with van der Waals surface area (Å²) in [4.78, 5) is 0. The van der Waals surface area contributed by atoms with Crippen LogP contribution in [0.25, 0.3) is 0 Å². The first-order chi connectivity index (χ1) is 6.86. The van der Waals surface area contributed by atoms with Gasteiger partial charge >= 0.3 is 0 Å². The van der Waals surface area contributed by atoms with Crippen molar-refractivity contribution in [1.29, 1.82) is 0 Å². The van der Waals surface area contributed by atoms with E-state index in [0.29, 0.717) is 6.32 Å². The van der Waals surface area contributed by atoms with Crippen LogP contribution in [0.1, 0.15) is 11.1 Å². The molecule has 0 aliphatic rings. The Morgan fingerprint density at radius 1 is 1.57 bits per heavy atom. The molecular weight excluding hydrogens is 179 g/mol. The van der Waals surface area contributed by atoms with Crippen molar-refractivity contribution < 1.29 is 9.86 Å². The lowest BCUT2D eigenvalue weighted by molar-refractivity contribution is 0.322. The van der Waals surface area contributed by atoms with Gasteiger partial charge in [-0.1, -0.05) is 35.0 Å². The third-order valence-electron chi connectivity index (χ3n) is 1.69. The molecule has 0 spiro atoms. The highest BCUT2D eigenvalue weighted by atomic mass is 16.4. The van der Waals surface area contributed by atoms with Crippen molar-refractivity contribution in [2.45, 2.75) is 6.32 Å². The van der Waals surface area contributed by atoms with E-state index in [2.05, 4.69) is 5.16 Å². The second-order valence-electron chi connectivity index (χ2n) is 2.69. The highest BCUT2D eigenvalue weighted by molar-refractivity contribution is 6.26. The van der Waals surface area contributed by atoms with Gasteiger partial charge in [0.05, 0.1) is 12.9 Å². The van der Waals surface area contributed by atoms with Crippen molar-refractivity contribution in [3.63, 3.8) is 0 Å². The molecule has 3 N–H and O–H groups in total. The van der Waals surface area contributed by atoms with E-state index in [-0.39, 0.29) is 6.73 Å². The molecule has 14 heavy (non-hydrogen) atoms. The van der Waals surface area contributed by atoms with Gasteiger partial charge in [0, 0.05) is 0 Å². The number of benzene rings is 1. The minimum atomic E-state index is 0.192. The lowest BCUT2D eigenvalue weighted by atomic mass is 9.89. The maximum Gasteiger partial charge on any atom is 0.298 e. The monoisotopic (exact) mass is 191 g/mol. The van der Waals surface area contributed by atoms with Crippen LogP contribution in [0.4, 0.5) is 0 Å². The fourth-order valence-electron chi connectivity index (χ4n) is 1.09. The van der Waals surface area contributed by atoms with Crippen molar-refractivity contribution in [3.8, 4) is 0 Å². The van der Waals surface area contributed by atoms with Crippen molar-refractivity contribution in [1.82, 2.24) is 0 Å². The lowest BCUT2D eigenvalue weighted by Crippen LogP contribution is -2.10. The van der Waals surface area contributed by atoms with Crippen LogP contribution in [0.5, 0.6) is 0 Å². The van der Waals surface area contributed by atoms with E-state index in [1.807, 2.05) is 24.3 Å². The first kappa shape index (κ1) is 10.8. The summed E-state index contributed by atoms with van der Waals surface area (Å²) in [7, 11) is 1.65. The molecular formula is C9H12BN2O2. The van der Waals surface area contributed by atoms with Crippen LogP contribution in [-0.4, -0.2) is 25.6 Å². The number of nitrogens with zero attached hydrogens (tertiary/aromatic N) is 1. The molecule has 0 bridgehead atoms. The van der Waals surface area contributed by atoms with Gasteiger partial charge < -0.3 is 15.6 Å². The Bertz CT molecular complexity index is 305. The SMILES string of the molecule is NCO[B]Cc1cccc(/C=N/O)c1. The summed E-state index contributed by atoms with van der Waals surface area (Å²) in [6, 6.07) is 7.62. The molecule has 0 amide bonds. The molecule has 1 aromatic carbocycles. The molecule has 73 valence electrons. The highest BCUT2D eigenvalue weighted by Crippen LogP contribution is 2.03. The van der Waals surface area contributed by atoms with E-state index in [4.69, 9.17) is 15.6 Å². The van der Waals surface area contributed by atoms with Gasteiger partial charge in [0.1, 0.15) is 0 Å². The van der Waals surface area contributed by atoms with Gasteiger partial charge in [-0.25, -0.2) is 0 Å². The standard InChI is InChI=1S/C9H12BN2O2/c11-7-14-10-5-8-2-1-3-9(4-8)6-12-13/h1-4,6,13H,5,7,11H2/b12-6+. The van der Waals surface area contributed by atoms with E-state index in [1.165, 1.54) is 6.21 Å². The summed E-state index contributed by atoms with van der Waals surface area (Å²) in [5.74, 6) is 0. The quantitative estimate of drug-likeness (QED) is 0.178. The van der Waals surface area contributed by atoms with Gasteiger partial charge in [0.15, 0.2) is 0 Å². The zero-order valence-corrected chi connectivity index (χ0v) is 7.76. The fourth-order valence-corrected chi connectivity index (χ4v) is 1.09. The average molecular weight is 191 g/mol. The Labute approximate surface area is 83.6 Å².